The molecule has 0 spiro atoms. The number of hydrogen-bond acceptors (Lipinski definition) is 6. The largest absolute Gasteiger partial charge is 0.458 e. The fourth-order valence-electron chi connectivity index (χ4n) is 1.44. The zero-order valence-electron chi connectivity index (χ0n) is 8.02. The Kier molecular flexibility index (Phi) is 6.36. The first-order valence-corrected chi connectivity index (χ1v) is 7.05. The van der Waals surface area contributed by atoms with Crippen LogP contribution in [-0.4, -0.2) is 36.1 Å². The van der Waals surface area contributed by atoms with Crippen LogP contribution in [0.2, 0.25) is 0 Å². The van der Waals surface area contributed by atoms with Gasteiger partial charge >= 0.3 is 5.97 Å². The Bertz CT molecular complexity index is 286. The summed E-state index contributed by atoms with van der Waals surface area (Å²) in [4.78, 5) is 11.5. The van der Waals surface area contributed by atoms with Crippen LogP contribution in [-0.2, 0) is 27.7 Å². The van der Waals surface area contributed by atoms with Gasteiger partial charge in [-0.3, -0.25) is 9.13 Å². The molecule has 0 aliphatic carbocycles. The van der Waals surface area contributed by atoms with Crippen LogP contribution >= 0.6 is 35.9 Å². The van der Waals surface area contributed by atoms with Gasteiger partial charge in [0, 0.05) is 18.9 Å². The first-order chi connectivity index (χ1) is 7.69. The molecule has 0 N–H and O–H groups in total. The molecule has 1 rings (SSSR count). The maximum absolute atomic E-state index is 11.5. The summed E-state index contributed by atoms with van der Waals surface area (Å²) < 4.78 is 36.4. The van der Waals surface area contributed by atoms with E-state index in [0.717, 1.165) is 0 Å². The summed E-state index contributed by atoms with van der Waals surface area (Å²) >= 11 is 0. The third kappa shape index (κ3) is 3.01. The standard InChI is InChI=1S/C6H10O6P4/c7-6-4(12-14)3(11-13)5(16-9)2(10-6)1-15-8/h2-5H,1,13-14H2/t2-,3-,4-,5-/m1/s1. The average molecular weight is 302 g/mol. The van der Waals surface area contributed by atoms with Crippen molar-refractivity contribution in [3.05, 3.63) is 0 Å². The highest BCUT2D eigenvalue weighted by Crippen LogP contribution is 2.33. The minimum atomic E-state index is -0.950. The van der Waals surface area contributed by atoms with E-state index in [-0.39, 0.29) is 23.1 Å². The third-order valence-electron chi connectivity index (χ3n) is 2.20. The van der Waals surface area contributed by atoms with Gasteiger partial charge in [0.1, 0.15) is 17.9 Å². The molecule has 0 aromatic rings. The molecule has 1 heterocycles. The lowest BCUT2D eigenvalue weighted by Gasteiger charge is -2.35. The SMILES string of the molecule is O=PC[C@H]1OC(=O)[C@H](OP)[C@@H](OP)[C@@H]1P=O. The summed E-state index contributed by atoms with van der Waals surface area (Å²) in [6.07, 6.45) is -2.28. The fraction of sp³-hybridized carbons (Fsp3) is 0.833. The summed E-state index contributed by atoms with van der Waals surface area (Å²) in [5.74, 6) is -0.615. The van der Waals surface area contributed by atoms with E-state index in [2.05, 4.69) is 0 Å². The number of rotatable bonds is 5. The molecule has 0 aromatic carbocycles. The molecule has 0 radical (unpaired) electrons. The second kappa shape index (κ2) is 7.01. The van der Waals surface area contributed by atoms with Gasteiger partial charge in [0.15, 0.2) is 23.0 Å². The molecular formula is C6H10O6P4. The van der Waals surface area contributed by atoms with Crippen molar-refractivity contribution in [1.82, 2.24) is 0 Å². The van der Waals surface area contributed by atoms with Gasteiger partial charge < -0.3 is 13.8 Å². The highest BCUT2D eigenvalue weighted by molar-refractivity contribution is 7.26. The highest BCUT2D eigenvalue weighted by Gasteiger charge is 2.47. The molecule has 6 atom stereocenters. The van der Waals surface area contributed by atoms with E-state index in [1.807, 2.05) is 18.9 Å². The number of ether oxygens (including phenoxy) is 1. The third-order valence-corrected chi connectivity index (χ3v) is 4.18. The van der Waals surface area contributed by atoms with Crippen molar-refractivity contribution >= 4 is 41.8 Å². The molecule has 0 bridgehead atoms. The number of carbonyl (C=O) groups excluding carboxylic acids is 1. The van der Waals surface area contributed by atoms with Crippen LogP contribution < -0.4 is 0 Å². The molecule has 0 aromatic heterocycles. The summed E-state index contributed by atoms with van der Waals surface area (Å²) in [5.41, 5.74) is -0.595. The lowest BCUT2D eigenvalue weighted by Crippen LogP contribution is -2.54. The van der Waals surface area contributed by atoms with Crippen LogP contribution in [0.3, 0.4) is 0 Å². The van der Waals surface area contributed by atoms with Crippen molar-refractivity contribution in [3.8, 4) is 0 Å². The van der Waals surface area contributed by atoms with Gasteiger partial charge in [0.2, 0.25) is 0 Å². The number of carbonyl (C=O) groups is 1. The Labute approximate surface area is 100 Å². The monoisotopic (exact) mass is 302 g/mol. The molecule has 0 saturated carbocycles. The van der Waals surface area contributed by atoms with Crippen LogP contribution in [0.5, 0.6) is 0 Å². The summed E-state index contributed by atoms with van der Waals surface area (Å²) in [6.45, 7) is 0. The first-order valence-electron chi connectivity index (χ1n) is 4.22. The molecule has 1 aliphatic heterocycles. The molecule has 10 heteroatoms. The second-order valence-electron chi connectivity index (χ2n) is 3.04. The molecule has 1 fully saturated rings. The lowest BCUT2D eigenvalue weighted by molar-refractivity contribution is -0.169. The zero-order valence-corrected chi connectivity index (χ0v) is 12.1. The van der Waals surface area contributed by atoms with Crippen LogP contribution in [0.1, 0.15) is 0 Å². The first kappa shape index (κ1) is 14.5. The minimum absolute atomic E-state index is 0.0831. The van der Waals surface area contributed by atoms with Gasteiger partial charge in [-0.05, 0) is 0 Å². The quantitative estimate of drug-likeness (QED) is 0.561. The molecule has 2 unspecified atom stereocenters. The topological polar surface area (TPSA) is 78.9 Å². The maximum Gasteiger partial charge on any atom is 0.338 e. The van der Waals surface area contributed by atoms with E-state index in [4.69, 9.17) is 13.8 Å². The fourth-order valence-corrected chi connectivity index (χ4v) is 3.42. The van der Waals surface area contributed by atoms with E-state index >= 15 is 0 Å². The maximum atomic E-state index is 11.5. The summed E-state index contributed by atoms with van der Waals surface area (Å²) in [6, 6.07) is 0. The van der Waals surface area contributed by atoms with Crippen LogP contribution in [0.25, 0.3) is 0 Å². The number of cyclic esters (lactones) is 1. The summed E-state index contributed by atoms with van der Waals surface area (Å²) in [7, 11) is 3.52. The minimum Gasteiger partial charge on any atom is -0.458 e. The van der Waals surface area contributed by atoms with Crippen molar-refractivity contribution in [2.24, 2.45) is 0 Å². The molecule has 0 amide bonds. The molecular weight excluding hydrogens is 292 g/mol. The van der Waals surface area contributed by atoms with E-state index < -0.39 is 29.9 Å². The smallest absolute Gasteiger partial charge is 0.338 e. The number of esters is 1. The Hall–Kier alpha value is 0.450. The Morgan fingerprint density at radius 1 is 1.31 bits per heavy atom. The number of hydrogen-bond donors (Lipinski definition) is 0. The van der Waals surface area contributed by atoms with Gasteiger partial charge in [-0.2, -0.15) is 0 Å². The van der Waals surface area contributed by atoms with E-state index in [1.165, 1.54) is 0 Å². The van der Waals surface area contributed by atoms with Crippen molar-refractivity contribution in [3.63, 3.8) is 0 Å². The van der Waals surface area contributed by atoms with Crippen molar-refractivity contribution in [2.45, 2.75) is 24.0 Å². The molecule has 6 nitrogen and oxygen atoms in total. The van der Waals surface area contributed by atoms with E-state index in [9.17, 15) is 13.9 Å². The average Bonchev–Trinajstić information content (AvgIpc) is 2.28. The summed E-state index contributed by atoms with van der Waals surface area (Å²) in [5, 5.41) is 0. The van der Waals surface area contributed by atoms with Crippen LogP contribution in [0.4, 0.5) is 0 Å². The molecule has 1 aliphatic rings. The van der Waals surface area contributed by atoms with Crippen molar-refractivity contribution < 1.29 is 27.7 Å². The van der Waals surface area contributed by atoms with Gasteiger partial charge in [-0.25, -0.2) is 4.79 Å². The Morgan fingerprint density at radius 3 is 2.44 bits per heavy atom. The van der Waals surface area contributed by atoms with E-state index in [1.54, 1.807) is 0 Å². The van der Waals surface area contributed by atoms with Crippen molar-refractivity contribution in [2.75, 3.05) is 6.16 Å². The Morgan fingerprint density at radius 2 is 2.00 bits per heavy atom. The highest BCUT2D eigenvalue weighted by atomic mass is 31.1. The van der Waals surface area contributed by atoms with Crippen LogP contribution in [0, 0.1) is 0 Å². The van der Waals surface area contributed by atoms with Crippen LogP contribution in [0.15, 0.2) is 0 Å². The van der Waals surface area contributed by atoms with E-state index in [0.29, 0.717) is 0 Å². The zero-order chi connectivity index (χ0) is 12.1. The predicted octanol–water partition coefficient (Wildman–Crippen LogP) is 1.21. The molecule has 90 valence electrons. The molecule has 16 heavy (non-hydrogen) atoms. The van der Waals surface area contributed by atoms with Gasteiger partial charge in [0.05, 0.1) is 6.16 Å². The van der Waals surface area contributed by atoms with Gasteiger partial charge in [-0.1, -0.05) is 0 Å². The second-order valence-corrected chi connectivity index (χ2v) is 5.02. The normalized spacial score (nSPS) is 35.2. The molecule has 1 saturated heterocycles. The lowest BCUT2D eigenvalue weighted by atomic mass is 10.0. The van der Waals surface area contributed by atoms with Gasteiger partial charge in [0.25, 0.3) is 0 Å². The predicted molar refractivity (Wildman–Crippen MR) is 62.9 cm³/mol. The van der Waals surface area contributed by atoms with Gasteiger partial charge in [-0.15, -0.1) is 0 Å². The van der Waals surface area contributed by atoms with Crippen molar-refractivity contribution in [1.29, 1.82) is 0 Å². The Balaban J connectivity index is 2.91.